The minimum atomic E-state index is 0.856. The van der Waals surface area contributed by atoms with Crippen LogP contribution < -0.4 is 4.90 Å². The second kappa shape index (κ2) is 13.4. The van der Waals surface area contributed by atoms with Gasteiger partial charge in [0.1, 0.15) is 0 Å². The van der Waals surface area contributed by atoms with Gasteiger partial charge < -0.3 is 9.47 Å². The Morgan fingerprint density at radius 1 is 0.333 bits per heavy atom. The topological polar surface area (TPSA) is 34.0 Å². The fourth-order valence-corrected chi connectivity index (χ4v) is 7.61. The van der Waals surface area contributed by atoms with Crippen LogP contribution in [0.3, 0.4) is 0 Å². The molecule has 0 saturated carbocycles. The lowest BCUT2D eigenvalue weighted by Gasteiger charge is -2.26. The lowest BCUT2D eigenvalue weighted by atomic mass is 10.0. The Bertz CT molecular complexity index is 2850. The first-order chi connectivity index (χ1) is 26.8. The van der Waals surface area contributed by atoms with E-state index in [1.54, 1.807) is 0 Å². The lowest BCUT2D eigenvalue weighted by molar-refractivity contribution is 1.17. The summed E-state index contributed by atoms with van der Waals surface area (Å²) in [6.07, 6.45) is 0. The molecule has 8 aromatic carbocycles. The summed E-state index contributed by atoms with van der Waals surface area (Å²) in [6.45, 7) is 0. The standard InChI is InChI=1S/C50H34N4/c1-4-14-35(15-5-1)38-26-33-45-46(34-38)52-49(36-16-6-2-7-17-36)50(51-45)37-24-27-40(28-25-37)53(39-18-8-3-9-19-39)41-29-31-42(32-30-41)54-47-22-12-10-20-43(47)44-21-11-13-23-48(44)54/h1-34H. The summed E-state index contributed by atoms with van der Waals surface area (Å²) in [5.74, 6) is 0. The zero-order valence-corrected chi connectivity index (χ0v) is 29.4. The molecule has 0 atom stereocenters. The molecular weight excluding hydrogens is 657 g/mol. The van der Waals surface area contributed by atoms with Crippen molar-refractivity contribution >= 4 is 49.9 Å². The van der Waals surface area contributed by atoms with E-state index in [0.29, 0.717) is 0 Å². The van der Waals surface area contributed by atoms with Gasteiger partial charge in [-0.1, -0.05) is 133 Å². The molecule has 0 bridgehead atoms. The summed E-state index contributed by atoms with van der Waals surface area (Å²) in [7, 11) is 0. The van der Waals surface area contributed by atoms with Gasteiger partial charge >= 0.3 is 0 Å². The fourth-order valence-electron chi connectivity index (χ4n) is 7.61. The van der Waals surface area contributed by atoms with Crippen LogP contribution in [-0.2, 0) is 0 Å². The number of benzene rings is 8. The van der Waals surface area contributed by atoms with Crippen LogP contribution in [0.4, 0.5) is 17.1 Å². The molecule has 0 radical (unpaired) electrons. The molecular formula is C50H34N4. The molecule has 10 rings (SSSR count). The zero-order valence-electron chi connectivity index (χ0n) is 29.4. The van der Waals surface area contributed by atoms with Crippen molar-refractivity contribution in [2.45, 2.75) is 0 Å². The van der Waals surface area contributed by atoms with Crippen LogP contribution in [0.1, 0.15) is 0 Å². The maximum atomic E-state index is 5.25. The minimum absolute atomic E-state index is 0.856. The van der Waals surface area contributed by atoms with Crippen molar-refractivity contribution in [3.05, 3.63) is 206 Å². The van der Waals surface area contributed by atoms with Crippen molar-refractivity contribution in [3.63, 3.8) is 0 Å². The number of rotatable bonds is 7. The summed E-state index contributed by atoms with van der Waals surface area (Å²) < 4.78 is 2.35. The van der Waals surface area contributed by atoms with Crippen molar-refractivity contribution in [2.75, 3.05) is 4.90 Å². The largest absolute Gasteiger partial charge is 0.311 e. The van der Waals surface area contributed by atoms with Gasteiger partial charge in [-0.3, -0.25) is 0 Å². The van der Waals surface area contributed by atoms with E-state index >= 15 is 0 Å². The highest BCUT2D eigenvalue weighted by molar-refractivity contribution is 6.09. The van der Waals surface area contributed by atoms with Crippen LogP contribution in [0.15, 0.2) is 206 Å². The maximum Gasteiger partial charge on any atom is 0.0973 e. The number of anilines is 3. The molecule has 0 N–H and O–H groups in total. The number of hydrogen-bond acceptors (Lipinski definition) is 3. The van der Waals surface area contributed by atoms with Crippen molar-refractivity contribution < 1.29 is 0 Å². The maximum absolute atomic E-state index is 5.25. The molecule has 54 heavy (non-hydrogen) atoms. The Hall–Kier alpha value is -7.30. The van der Waals surface area contributed by atoms with E-state index in [9.17, 15) is 0 Å². The third-order valence-corrected chi connectivity index (χ3v) is 10.2. The summed E-state index contributed by atoms with van der Waals surface area (Å²) >= 11 is 0. The number of hydrogen-bond donors (Lipinski definition) is 0. The van der Waals surface area contributed by atoms with Gasteiger partial charge in [0.05, 0.1) is 33.5 Å². The van der Waals surface area contributed by atoms with Crippen LogP contribution in [0.5, 0.6) is 0 Å². The van der Waals surface area contributed by atoms with E-state index in [-0.39, 0.29) is 0 Å². The third kappa shape index (κ3) is 5.58. The number of aromatic nitrogens is 3. The Morgan fingerprint density at radius 2 is 0.778 bits per heavy atom. The highest BCUT2D eigenvalue weighted by Gasteiger charge is 2.18. The van der Waals surface area contributed by atoms with Crippen molar-refractivity contribution in [3.8, 4) is 39.3 Å². The molecule has 0 aliphatic rings. The predicted molar refractivity (Wildman–Crippen MR) is 225 cm³/mol. The van der Waals surface area contributed by atoms with E-state index < -0.39 is 0 Å². The normalized spacial score (nSPS) is 11.3. The van der Waals surface area contributed by atoms with Gasteiger partial charge in [-0.2, -0.15) is 0 Å². The highest BCUT2D eigenvalue weighted by atomic mass is 15.1. The van der Waals surface area contributed by atoms with Crippen molar-refractivity contribution in [1.29, 1.82) is 0 Å². The van der Waals surface area contributed by atoms with Crippen LogP contribution in [0.2, 0.25) is 0 Å². The smallest absolute Gasteiger partial charge is 0.0973 e. The average Bonchev–Trinajstić information content (AvgIpc) is 3.59. The molecule has 0 amide bonds. The Labute approximate surface area is 313 Å². The van der Waals surface area contributed by atoms with E-state index in [4.69, 9.17) is 9.97 Å². The first-order valence-corrected chi connectivity index (χ1v) is 18.3. The van der Waals surface area contributed by atoms with Gasteiger partial charge in [-0.25, -0.2) is 9.97 Å². The predicted octanol–water partition coefficient (Wildman–Crippen LogP) is 13.2. The van der Waals surface area contributed by atoms with Crippen LogP contribution >= 0.6 is 0 Å². The molecule has 4 heteroatoms. The summed E-state index contributed by atoms with van der Waals surface area (Å²) in [5.41, 5.74) is 14.5. The Balaban J connectivity index is 1.05. The van der Waals surface area contributed by atoms with Gasteiger partial charge in [-0.05, 0) is 83.9 Å². The summed E-state index contributed by atoms with van der Waals surface area (Å²) in [5, 5.41) is 2.51. The van der Waals surface area contributed by atoms with Gasteiger partial charge in [-0.15, -0.1) is 0 Å². The molecule has 0 saturated heterocycles. The summed E-state index contributed by atoms with van der Waals surface area (Å²) in [4.78, 5) is 12.8. The molecule has 4 nitrogen and oxygen atoms in total. The lowest BCUT2D eigenvalue weighted by Crippen LogP contribution is -2.10. The molecule has 2 heterocycles. The molecule has 10 aromatic rings. The second-order valence-corrected chi connectivity index (χ2v) is 13.5. The monoisotopic (exact) mass is 690 g/mol. The number of nitrogens with zero attached hydrogens (tertiary/aromatic N) is 4. The minimum Gasteiger partial charge on any atom is -0.311 e. The van der Waals surface area contributed by atoms with Crippen molar-refractivity contribution in [1.82, 2.24) is 14.5 Å². The van der Waals surface area contributed by atoms with E-state index in [1.807, 2.05) is 12.1 Å². The van der Waals surface area contributed by atoms with Gasteiger partial charge in [0.2, 0.25) is 0 Å². The molecule has 0 aliphatic heterocycles. The van der Waals surface area contributed by atoms with E-state index in [0.717, 1.165) is 67.4 Å². The molecule has 0 fully saturated rings. The van der Waals surface area contributed by atoms with Crippen LogP contribution in [-0.4, -0.2) is 14.5 Å². The number of para-hydroxylation sites is 3. The molecule has 0 unspecified atom stereocenters. The molecule has 0 aliphatic carbocycles. The molecule has 2 aromatic heterocycles. The fraction of sp³-hybridized carbons (Fsp3) is 0. The highest BCUT2D eigenvalue weighted by Crippen LogP contribution is 2.39. The zero-order chi connectivity index (χ0) is 35.8. The first-order valence-electron chi connectivity index (χ1n) is 18.3. The molecule has 254 valence electrons. The second-order valence-electron chi connectivity index (χ2n) is 13.5. The van der Waals surface area contributed by atoms with E-state index in [1.165, 1.54) is 21.8 Å². The third-order valence-electron chi connectivity index (χ3n) is 10.2. The van der Waals surface area contributed by atoms with Crippen molar-refractivity contribution in [2.24, 2.45) is 0 Å². The van der Waals surface area contributed by atoms with Gasteiger partial charge in [0, 0.05) is 44.6 Å². The first kappa shape index (κ1) is 31.4. The van der Waals surface area contributed by atoms with Gasteiger partial charge in [0.25, 0.3) is 0 Å². The molecule has 0 spiro atoms. The Kier molecular flexibility index (Phi) is 7.77. The summed E-state index contributed by atoms with van der Waals surface area (Å²) in [6, 6.07) is 72.5. The average molecular weight is 691 g/mol. The van der Waals surface area contributed by atoms with Crippen LogP contribution in [0.25, 0.3) is 72.2 Å². The quantitative estimate of drug-likeness (QED) is 0.167. The van der Waals surface area contributed by atoms with E-state index in [2.05, 4.69) is 204 Å². The Morgan fingerprint density at radius 3 is 1.39 bits per heavy atom. The number of fused-ring (bicyclic) bond motifs is 4. The van der Waals surface area contributed by atoms with Gasteiger partial charge in [0.15, 0.2) is 0 Å². The van der Waals surface area contributed by atoms with Crippen LogP contribution in [0, 0.1) is 0 Å². The SMILES string of the molecule is c1ccc(-c2ccc3nc(-c4ccc(N(c5ccccc5)c5ccc(-n6c7ccccc7c7ccccc76)cc5)cc4)c(-c4ccccc4)nc3c2)cc1.